The fourth-order valence-electron chi connectivity index (χ4n) is 1.58. The smallest absolute Gasteiger partial charge is 0.213 e. The van der Waals surface area contributed by atoms with Crippen molar-refractivity contribution in [3.05, 3.63) is 10.1 Å². The first-order valence-electron chi connectivity index (χ1n) is 4.06. The molecule has 1 rings (SSSR count). The Morgan fingerprint density at radius 3 is 2.00 bits per heavy atom. The van der Waals surface area contributed by atoms with Crippen LogP contribution in [0.25, 0.3) is 0 Å². The van der Waals surface area contributed by atoms with Gasteiger partial charge in [0.25, 0.3) is 0 Å². The average Bonchev–Trinajstić information content (AvgIpc) is 2.03. The highest BCUT2D eigenvalue weighted by atomic mass is 32.2. The van der Waals surface area contributed by atoms with Crippen LogP contribution < -0.4 is 5.14 Å². The van der Waals surface area contributed by atoms with E-state index < -0.39 is 21.3 Å². The quantitative estimate of drug-likeness (QED) is 0.504. The first-order chi connectivity index (χ1) is 5.91. The summed E-state index contributed by atoms with van der Waals surface area (Å²) in [5, 5.41) is 14.7. The molecule has 0 aromatic rings. The zero-order chi connectivity index (χ0) is 10.1. The van der Waals surface area contributed by atoms with Crippen LogP contribution in [0.15, 0.2) is 0 Å². The molecule has 1 aliphatic rings. The van der Waals surface area contributed by atoms with Gasteiger partial charge in [0.2, 0.25) is 16.1 Å². The summed E-state index contributed by atoms with van der Waals surface area (Å²) >= 11 is 0. The fourth-order valence-corrected chi connectivity index (χ4v) is 2.51. The van der Waals surface area contributed by atoms with Gasteiger partial charge in [0, 0.05) is 17.8 Å². The maximum absolute atomic E-state index is 10.9. The van der Waals surface area contributed by atoms with Crippen LogP contribution in [-0.4, -0.2) is 24.6 Å². The number of hydrogen-bond donors (Lipinski definition) is 1. The normalized spacial score (nSPS) is 29.9. The summed E-state index contributed by atoms with van der Waals surface area (Å²) in [5.41, 5.74) is 0. The molecule has 0 saturated heterocycles. The summed E-state index contributed by atoms with van der Waals surface area (Å²) < 4.78 is 21.7. The molecule has 2 N–H and O–H groups in total. The molecule has 6 nitrogen and oxygen atoms in total. The molecule has 0 spiro atoms. The lowest BCUT2D eigenvalue weighted by Crippen LogP contribution is -2.36. The molecule has 0 aromatic heterocycles. The third kappa shape index (κ3) is 2.63. The third-order valence-corrected chi connectivity index (χ3v) is 3.81. The topological polar surface area (TPSA) is 103 Å². The molecule has 0 aromatic carbocycles. The van der Waals surface area contributed by atoms with Gasteiger partial charge >= 0.3 is 0 Å². The van der Waals surface area contributed by atoms with Crippen LogP contribution in [0.3, 0.4) is 0 Å². The van der Waals surface area contributed by atoms with E-state index in [0.717, 1.165) is 0 Å². The Hall–Kier alpha value is -0.690. The Morgan fingerprint density at radius 2 is 1.69 bits per heavy atom. The van der Waals surface area contributed by atoms with E-state index in [4.69, 9.17) is 5.14 Å². The lowest BCUT2D eigenvalue weighted by atomic mass is 9.96. The Balaban J connectivity index is 2.53. The van der Waals surface area contributed by atoms with Gasteiger partial charge in [0.1, 0.15) is 0 Å². The Labute approximate surface area is 76.3 Å². The first kappa shape index (κ1) is 10.4. The van der Waals surface area contributed by atoms with Gasteiger partial charge in [0.15, 0.2) is 0 Å². The highest BCUT2D eigenvalue weighted by molar-refractivity contribution is 7.89. The Morgan fingerprint density at radius 1 is 1.23 bits per heavy atom. The van der Waals surface area contributed by atoms with Crippen molar-refractivity contribution in [2.75, 3.05) is 0 Å². The van der Waals surface area contributed by atoms with Crippen LogP contribution in [-0.2, 0) is 10.0 Å². The second kappa shape index (κ2) is 3.59. The number of rotatable bonds is 2. The SMILES string of the molecule is NS(=O)(=O)C1CCC([N+](=O)[O-])CC1. The van der Waals surface area contributed by atoms with Crippen LogP contribution in [0.1, 0.15) is 25.7 Å². The van der Waals surface area contributed by atoms with Gasteiger partial charge in [0.05, 0.1) is 5.25 Å². The van der Waals surface area contributed by atoms with Crippen molar-refractivity contribution < 1.29 is 13.3 Å². The van der Waals surface area contributed by atoms with Crippen LogP contribution in [0.5, 0.6) is 0 Å². The monoisotopic (exact) mass is 208 g/mol. The van der Waals surface area contributed by atoms with Gasteiger partial charge in [-0.3, -0.25) is 10.1 Å². The number of primary sulfonamides is 1. The van der Waals surface area contributed by atoms with E-state index >= 15 is 0 Å². The van der Waals surface area contributed by atoms with Crippen LogP contribution in [0.2, 0.25) is 0 Å². The van der Waals surface area contributed by atoms with Crippen molar-refractivity contribution >= 4 is 10.0 Å². The van der Waals surface area contributed by atoms with Crippen LogP contribution >= 0.6 is 0 Å². The van der Waals surface area contributed by atoms with Crippen molar-refractivity contribution in [2.45, 2.75) is 37.0 Å². The van der Waals surface area contributed by atoms with Gasteiger partial charge in [-0.25, -0.2) is 13.6 Å². The third-order valence-electron chi connectivity index (χ3n) is 2.41. The molecule has 0 atom stereocenters. The molecule has 13 heavy (non-hydrogen) atoms. The van der Waals surface area contributed by atoms with E-state index in [1.807, 2.05) is 0 Å². The van der Waals surface area contributed by atoms with E-state index in [9.17, 15) is 18.5 Å². The molecule has 0 heterocycles. The van der Waals surface area contributed by atoms with Gasteiger partial charge in [-0.1, -0.05) is 0 Å². The highest BCUT2D eigenvalue weighted by Crippen LogP contribution is 2.24. The number of nitrogens with two attached hydrogens (primary N) is 1. The van der Waals surface area contributed by atoms with Crippen molar-refractivity contribution in [1.29, 1.82) is 0 Å². The molecule has 0 radical (unpaired) electrons. The molecule has 76 valence electrons. The standard InChI is InChI=1S/C6H12N2O4S/c7-13(11,12)6-3-1-5(2-4-6)8(9)10/h5-6H,1-4H2,(H2,7,11,12). The molecule has 0 bridgehead atoms. The predicted molar refractivity (Wildman–Crippen MR) is 46.1 cm³/mol. The van der Waals surface area contributed by atoms with E-state index in [2.05, 4.69) is 0 Å². The van der Waals surface area contributed by atoms with Gasteiger partial charge in [-0.05, 0) is 12.8 Å². The number of nitro groups is 1. The minimum Gasteiger partial charge on any atom is -0.264 e. The summed E-state index contributed by atoms with van der Waals surface area (Å²) in [6.45, 7) is 0. The second-order valence-corrected chi connectivity index (χ2v) is 5.15. The minimum absolute atomic E-state index is 0.310. The lowest BCUT2D eigenvalue weighted by molar-refractivity contribution is -0.526. The molecule has 1 aliphatic carbocycles. The maximum Gasteiger partial charge on any atom is 0.213 e. The first-order valence-corrected chi connectivity index (χ1v) is 5.67. The van der Waals surface area contributed by atoms with Crippen LogP contribution in [0.4, 0.5) is 0 Å². The lowest BCUT2D eigenvalue weighted by Gasteiger charge is -2.21. The van der Waals surface area contributed by atoms with Crippen molar-refractivity contribution in [3.63, 3.8) is 0 Å². The van der Waals surface area contributed by atoms with Gasteiger partial charge in [-0.15, -0.1) is 0 Å². The summed E-state index contributed by atoms with van der Waals surface area (Å²) in [6.07, 6.45) is 1.25. The number of sulfonamides is 1. The minimum atomic E-state index is -3.50. The summed E-state index contributed by atoms with van der Waals surface area (Å²) in [4.78, 5) is 9.99. The molecular formula is C6H12N2O4S. The van der Waals surface area contributed by atoms with E-state index in [1.165, 1.54) is 0 Å². The van der Waals surface area contributed by atoms with E-state index in [1.54, 1.807) is 0 Å². The number of hydrogen-bond acceptors (Lipinski definition) is 4. The van der Waals surface area contributed by atoms with Gasteiger partial charge < -0.3 is 0 Å². The zero-order valence-electron chi connectivity index (χ0n) is 7.05. The predicted octanol–water partition coefficient (Wildman–Crippen LogP) is -0.137. The molecule has 0 aliphatic heterocycles. The molecule has 1 fully saturated rings. The summed E-state index contributed by atoms with van der Waals surface area (Å²) in [7, 11) is -3.50. The van der Waals surface area contributed by atoms with Crippen molar-refractivity contribution in [2.24, 2.45) is 5.14 Å². The highest BCUT2D eigenvalue weighted by Gasteiger charge is 2.33. The molecule has 0 amide bonds. The molecular weight excluding hydrogens is 196 g/mol. The molecule has 7 heteroatoms. The Bertz CT molecular complexity index is 292. The van der Waals surface area contributed by atoms with Crippen molar-refractivity contribution in [3.8, 4) is 0 Å². The summed E-state index contributed by atoms with van der Waals surface area (Å²) in [5.74, 6) is 0. The van der Waals surface area contributed by atoms with Gasteiger partial charge in [-0.2, -0.15) is 0 Å². The van der Waals surface area contributed by atoms with Crippen LogP contribution in [0, 0.1) is 10.1 Å². The Kier molecular flexibility index (Phi) is 2.87. The second-order valence-electron chi connectivity index (χ2n) is 3.30. The maximum atomic E-state index is 10.9. The zero-order valence-corrected chi connectivity index (χ0v) is 7.87. The van der Waals surface area contributed by atoms with Crippen molar-refractivity contribution in [1.82, 2.24) is 0 Å². The molecule has 0 unspecified atom stereocenters. The van der Waals surface area contributed by atoms with E-state index in [-0.39, 0.29) is 4.92 Å². The summed E-state index contributed by atoms with van der Waals surface area (Å²) in [6, 6.07) is -0.585. The average molecular weight is 208 g/mol. The number of nitrogens with zero attached hydrogens (tertiary/aromatic N) is 1. The molecule has 1 saturated carbocycles. The fraction of sp³-hybridized carbons (Fsp3) is 1.00. The van der Waals surface area contributed by atoms with E-state index in [0.29, 0.717) is 25.7 Å². The largest absolute Gasteiger partial charge is 0.264 e.